The van der Waals surface area contributed by atoms with Gasteiger partial charge in [0.05, 0.1) is 27.8 Å². The molecule has 3 rings (SSSR count). The van der Waals surface area contributed by atoms with Crippen molar-refractivity contribution < 1.29 is 27.4 Å². The molecular weight excluding hydrogens is 432 g/mol. The minimum atomic E-state index is -3.98. The zero-order valence-electron chi connectivity index (χ0n) is 17.9. The van der Waals surface area contributed by atoms with Crippen LogP contribution < -0.4 is 24.2 Å². The molecule has 32 heavy (non-hydrogen) atoms. The number of nitrogens with one attached hydrogen (secondary N) is 2. The predicted molar refractivity (Wildman–Crippen MR) is 122 cm³/mol. The minimum absolute atomic E-state index is 0.0990. The first-order valence-electron chi connectivity index (χ1n) is 9.62. The maximum absolute atomic E-state index is 13.0. The van der Waals surface area contributed by atoms with E-state index in [9.17, 15) is 13.2 Å². The van der Waals surface area contributed by atoms with Crippen LogP contribution >= 0.6 is 0 Å². The Balaban J connectivity index is 1.78. The molecule has 0 spiro atoms. The lowest BCUT2D eigenvalue weighted by Crippen LogP contribution is -2.17. The molecule has 8 nitrogen and oxygen atoms in total. The molecule has 9 heteroatoms. The molecule has 0 radical (unpaired) electrons. The van der Waals surface area contributed by atoms with Crippen molar-refractivity contribution in [2.75, 3.05) is 31.4 Å². The first-order valence-corrected chi connectivity index (χ1v) is 11.1. The lowest BCUT2D eigenvalue weighted by Gasteiger charge is -2.14. The van der Waals surface area contributed by atoms with Gasteiger partial charge in [0, 0.05) is 11.4 Å². The van der Waals surface area contributed by atoms with E-state index in [1.807, 2.05) is 0 Å². The van der Waals surface area contributed by atoms with Crippen LogP contribution in [0.4, 0.5) is 11.4 Å². The van der Waals surface area contributed by atoms with Crippen LogP contribution in [-0.2, 0) is 21.2 Å². The van der Waals surface area contributed by atoms with Crippen molar-refractivity contribution in [3.63, 3.8) is 0 Å². The van der Waals surface area contributed by atoms with E-state index in [2.05, 4.69) is 10.0 Å². The molecule has 3 aromatic carbocycles. The van der Waals surface area contributed by atoms with Crippen molar-refractivity contribution in [1.29, 1.82) is 0 Å². The van der Waals surface area contributed by atoms with E-state index in [0.29, 0.717) is 22.9 Å². The van der Waals surface area contributed by atoms with Gasteiger partial charge in [-0.25, -0.2) is 8.42 Å². The summed E-state index contributed by atoms with van der Waals surface area (Å²) >= 11 is 0. The van der Waals surface area contributed by atoms with Crippen LogP contribution in [0.2, 0.25) is 0 Å². The topological polar surface area (TPSA) is 103 Å². The summed E-state index contributed by atoms with van der Waals surface area (Å²) in [7, 11) is 0.493. The highest BCUT2D eigenvalue weighted by atomic mass is 32.2. The van der Waals surface area contributed by atoms with Crippen LogP contribution in [0.25, 0.3) is 0 Å². The Kier molecular flexibility index (Phi) is 7.21. The van der Waals surface area contributed by atoms with Crippen molar-refractivity contribution >= 4 is 27.3 Å². The number of rotatable bonds is 9. The lowest BCUT2D eigenvalue weighted by atomic mass is 10.1. The average Bonchev–Trinajstić information content (AvgIpc) is 2.79. The number of hydrogen-bond donors (Lipinski definition) is 2. The van der Waals surface area contributed by atoms with E-state index in [0.717, 1.165) is 5.56 Å². The molecule has 1 amide bonds. The van der Waals surface area contributed by atoms with Crippen molar-refractivity contribution in [2.45, 2.75) is 11.3 Å². The second kappa shape index (κ2) is 10.1. The van der Waals surface area contributed by atoms with E-state index in [1.165, 1.54) is 26.4 Å². The normalized spacial score (nSPS) is 10.8. The Bertz CT molecular complexity index is 1180. The standard InChI is InChI=1S/C23H24N2O6S/c1-29-19-9-4-16(5-10-19)14-23(26)24-18-8-13-21(31-3)22(15-18)32(27,28)25-17-6-11-20(30-2)12-7-17/h4-13,15,25H,14H2,1-3H3,(H,24,26). The summed E-state index contributed by atoms with van der Waals surface area (Å²) in [6, 6.07) is 18.0. The van der Waals surface area contributed by atoms with Gasteiger partial charge in [-0.3, -0.25) is 9.52 Å². The highest BCUT2D eigenvalue weighted by Crippen LogP contribution is 2.29. The first-order chi connectivity index (χ1) is 15.3. The quantitative estimate of drug-likeness (QED) is 0.509. The van der Waals surface area contributed by atoms with Crippen LogP contribution in [0.5, 0.6) is 17.2 Å². The number of anilines is 2. The number of carbonyl (C=O) groups is 1. The molecule has 168 valence electrons. The molecule has 0 aliphatic carbocycles. The van der Waals surface area contributed by atoms with E-state index in [4.69, 9.17) is 14.2 Å². The van der Waals surface area contributed by atoms with Crippen molar-refractivity contribution in [1.82, 2.24) is 0 Å². The summed E-state index contributed by atoms with van der Waals surface area (Å²) in [6.45, 7) is 0. The van der Waals surface area contributed by atoms with Crippen molar-refractivity contribution in [3.8, 4) is 17.2 Å². The Hall–Kier alpha value is -3.72. The molecule has 0 heterocycles. The fourth-order valence-corrected chi connectivity index (χ4v) is 4.22. The fraction of sp³-hybridized carbons (Fsp3) is 0.174. The lowest BCUT2D eigenvalue weighted by molar-refractivity contribution is -0.115. The molecule has 0 unspecified atom stereocenters. The van der Waals surface area contributed by atoms with Crippen LogP contribution in [0.15, 0.2) is 71.6 Å². The van der Waals surface area contributed by atoms with Crippen molar-refractivity contribution in [3.05, 3.63) is 72.3 Å². The van der Waals surface area contributed by atoms with Gasteiger partial charge in [0.25, 0.3) is 10.0 Å². The highest BCUT2D eigenvalue weighted by molar-refractivity contribution is 7.92. The molecule has 0 fully saturated rings. The van der Waals surface area contributed by atoms with Gasteiger partial charge < -0.3 is 19.5 Å². The zero-order valence-corrected chi connectivity index (χ0v) is 18.7. The first kappa shape index (κ1) is 23.0. The zero-order chi connectivity index (χ0) is 23.1. The summed E-state index contributed by atoms with van der Waals surface area (Å²) in [5, 5.41) is 2.73. The molecule has 0 aromatic heterocycles. The summed E-state index contributed by atoms with van der Waals surface area (Å²) < 4.78 is 43.9. The second-order valence-electron chi connectivity index (χ2n) is 6.77. The van der Waals surface area contributed by atoms with Gasteiger partial charge in [-0.15, -0.1) is 0 Å². The number of ether oxygens (including phenoxy) is 3. The molecular formula is C23H24N2O6S. The smallest absolute Gasteiger partial charge is 0.265 e. The molecule has 0 saturated carbocycles. The molecule has 0 aliphatic heterocycles. The maximum Gasteiger partial charge on any atom is 0.265 e. The minimum Gasteiger partial charge on any atom is -0.497 e. The number of carbonyl (C=O) groups excluding carboxylic acids is 1. The largest absolute Gasteiger partial charge is 0.497 e. The number of sulfonamides is 1. The number of methoxy groups -OCH3 is 3. The van der Waals surface area contributed by atoms with E-state index < -0.39 is 10.0 Å². The van der Waals surface area contributed by atoms with Gasteiger partial charge in [0.15, 0.2) is 0 Å². The third-order valence-corrected chi connectivity index (χ3v) is 6.01. The monoisotopic (exact) mass is 456 g/mol. The third-order valence-electron chi connectivity index (χ3n) is 4.60. The van der Waals surface area contributed by atoms with Gasteiger partial charge >= 0.3 is 0 Å². The summed E-state index contributed by atoms with van der Waals surface area (Å²) in [4.78, 5) is 12.4. The molecule has 0 aliphatic rings. The van der Waals surface area contributed by atoms with E-state index >= 15 is 0 Å². The summed E-state index contributed by atoms with van der Waals surface area (Å²) in [5.41, 5.74) is 1.49. The Morgan fingerprint density at radius 2 is 1.34 bits per heavy atom. The van der Waals surface area contributed by atoms with Crippen LogP contribution in [-0.4, -0.2) is 35.7 Å². The molecule has 2 N–H and O–H groups in total. The van der Waals surface area contributed by atoms with Gasteiger partial charge in [0.1, 0.15) is 22.1 Å². The SMILES string of the molecule is COc1ccc(CC(=O)Nc2ccc(OC)c(S(=O)(=O)Nc3ccc(OC)cc3)c2)cc1. The Morgan fingerprint density at radius 1 is 0.781 bits per heavy atom. The Labute approximate surface area is 187 Å². The molecule has 3 aromatic rings. The molecule has 0 atom stereocenters. The highest BCUT2D eigenvalue weighted by Gasteiger charge is 2.21. The number of amides is 1. The van der Waals surface area contributed by atoms with E-state index in [1.54, 1.807) is 61.7 Å². The van der Waals surface area contributed by atoms with Crippen LogP contribution in [0, 0.1) is 0 Å². The molecule has 0 bridgehead atoms. The summed E-state index contributed by atoms with van der Waals surface area (Å²) in [6.07, 6.45) is 0.127. The van der Waals surface area contributed by atoms with Gasteiger partial charge in [0.2, 0.25) is 5.91 Å². The predicted octanol–water partition coefficient (Wildman–Crippen LogP) is 3.69. The third kappa shape index (κ3) is 5.70. The number of benzene rings is 3. The van der Waals surface area contributed by atoms with Gasteiger partial charge in [-0.05, 0) is 60.2 Å². The van der Waals surface area contributed by atoms with Gasteiger partial charge in [-0.1, -0.05) is 12.1 Å². The Morgan fingerprint density at radius 3 is 1.91 bits per heavy atom. The van der Waals surface area contributed by atoms with E-state index in [-0.39, 0.29) is 23.0 Å². The van der Waals surface area contributed by atoms with Crippen molar-refractivity contribution in [2.24, 2.45) is 0 Å². The second-order valence-corrected chi connectivity index (χ2v) is 8.42. The average molecular weight is 457 g/mol. The van der Waals surface area contributed by atoms with Crippen LogP contribution in [0.1, 0.15) is 5.56 Å². The number of hydrogen-bond acceptors (Lipinski definition) is 6. The van der Waals surface area contributed by atoms with Crippen LogP contribution in [0.3, 0.4) is 0 Å². The maximum atomic E-state index is 13.0. The fourth-order valence-electron chi connectivity index (χ4n) is 2.97. The summed E-state index contributed by atoms with van der Waals surface area (Å²) in [5.74, 6) is 1.17. The molecule has 0 saturated heterocycles. The van der Waals surface area contributed by atoms with Gasteiger partial charge in [-0.2, -0.15) is 0 Å².